The summed E-state index contributed by atoms with van der Waals surface area (Å²) in [6.45, 7) is 7.19. The molecule has 0 bridgehead atoms. The number of aliphatic hydroxyl groups is 1. The van der Waals surface area contributed by atoms with Crippen LogP contribution in [0.1, 0.15) is 47.8 Å². The molecule has 2 aromatic rings. The van der Waals surface area contributed by atoms with Crippen molar-refractivity contribution < 1.29 is 9.90 Å². The zero-order chi connectivity index (χ0) is 16.6. The molecule has 23 heavy (non-hydrogen) atoms. The largest absolute Gasteiger partial charge is 0.391 e. The van der Waals surface area contributed by atoms with Crippen molar-refractivity contribution in [2.24, 2.45) is 0 Å². The van der Waals surface area contributed by atoms with Crippen molar-refractivity contribution in [1.29, 1.82) is 0 Å². The Kier molecular flexibility index (Phi) is 4.22. The van der Waals surface area contributed by atoms with Crippen molar-refractivity contribution in [3.05, 3.63) is 47.3 Å². The summed E-state index contributed by atoms with van der Waals surface area (Å²) in [4.78, 5) is 14.5. The maximum Gasteiger partial charge on any atom is 0.257 e. The molecule has 2 heterocycles. The normalized spacial score (nSPS) is 18.0. The minimum Gasteiger partial charge on any atom is -0.391 e. The summed E-state index contributed by atoms with van der Waals surface area (Å²) < 4.78 is 1.85. The molecule has 5 nitrogen and oxygen atoms in total. The fourth-order valence-corrected chi connectivity index (χ4v) is 3.07. The van der Waals surface area contributed by atoms with E-state index < -0.39 is 6.10 Å². The van der Waals surface area contributed by atoms with Crippen LogP contribution in [0.2, 0.25) is 0 Å². The zero-order valence-electron chi connectivity index (χ0n) is 13.9. The summed E-state index contributed by atoms with van der Waals surface area (Å²) in [7, 11) is 0. The number of hydrogen-bond donors (Lipinski definition) is 1. The lowest BCUT2D eigenvalue weighted by Crippen LogP contribution is -2.30. The lowest BCUT2D eigenvalue weighted by molar-refractivity contribution is 0.0763. The van der Waals surface area contributed by atoms with Gasteiger partial charge in [0, 0.05) is 13.1 Å². The molecule has 1 N–H and O–H groups in total. The first-order valence-corrected chi connectivity index (χ1v) is 8.09. The van der Waals surface area contributed by atoms with Gasteiger partial charge in [0.05, 0.1) is 29.2 Å². The van der Waals surface area contributed by atoms with Crippen molar-refractivity contribution in [2.75, 3.05) is 13.1 Å². The Morgan fingerprint density at radius 1 is 1.30 bits per heavy atom. The number of nitrogens with zero attached hydrogens (tertiary/aromatic N) is 3. The first-order chi connectivity index (χ1) is 11.0. The predicted octanol–water partition coefficient (Wildman–Crippen LogP) is 2.51. The Morgan fingerprint density at radius 2 is 2.00 bits per heavy atom. The lowest BCUT2D eigenvalue weighted by Gasteiger charge is -2.18. The van der Waals surface area contributed by atoms with Crippen LogP contribution < -0.4 is 0 Å². The molecule has 0 unspecified atom stereocenters. The second-order valence-corrected chi connectivity index (χ2v) is 6.54. The number of amides is 1. The molecule has 1 aromatic heterocycles. The number of β-amino-alcohol motifs (C(OH)–C–C–N with tert-alkyl or cyclic N) is 1. The first kappa shape index (κ1) is 15.7. The molecule has 1 atom stereocenters. The van der Waals surface area contributed by atoms with Gasteiger partial charge in [0.25, 0.3) is 5.91 Å². The number of rotatable bonds is 3. The maximum absolute atomic E-state index is 12.8. The van der Waals surface area contributed by atoms with Gasteiger partial charge in [-0.05, 0) is 31.4 Å². The predicted molar refractivity (Wildman–Crippen MR) is 88.9 cm³/mol. The summed E-state index contributed by atoms with van der Waals surface area (Å²) in [5.74, 6) is 0.133. The highest BCUT2D eigenvalue weighted by atomic mass is 16.3. The van der Waals surface area contributed by atoms with Crippen LogP contribution in [0.15, 0.2) is 30.5 Å². The van der Waals surface area contributed by atoms with Crippen molar-refractivity contribution >= 4 is 5.91 Å². The van der Waals surface area contributed by atoms with Gasteiger partial charge in [0.2, 0.25) is 0 Å². The van der Waals surface area contributed by atoms with Crippen LogP contribution in [0.3, 0.4) is 0 Å². The highest BCUT2D eigenvalue weighted by Gasteiger charge is 2.29. The SMILES string of the molecule is Cc1ccc(-n2ncc(C(=O)N3CC[C@@H](O)C3)c2C(C)C)cc1. The van der Waals surface area contributed by atoms with E-state index in [1.807, 2.05) is 35.9 Å². The summed E-state index contributed by atoms with van der Waals surface area (Å²) in [5.41, 5.74) is 3.70. The number of aliphatic hydroxyl groups excluding tert-OH is 1. The molecule has 3 rings (SSSR count). The minimum absolute atomic E-state index is 0.0383. The lowest BCUT2D eigenvalue weighted by atomic mass is 10.0. The van der Waals surface area contributed by atoms with Gasteiger partial charge >= 0.3 is 0 Å². The van der Waals surface area contributed by atoms with Gasteiger partial charge in [-0.3, -0.25) is 4.79 Å². The van der Waals surface area contributed by atoms with Crippen molar-refractivity contribution in [1.82, 2.24) is 14.7 Å². The van der Waals surface area contributed by atoms with Gasteiger partial charge < -0.3 is 10.0 Å². The molecule has 0 radical (unpaired) electrons. The van der Waals surface area contributed by atoms with E-state index in [4.69, 9.17) is 0 Å². The number of hydrogen-bond acceptors (Lipinski definition) is 3. The number of aryl methyl sites for hydroxylation is 1. The quantitative estimate of drug-likeness (QED) is 0.947. The second kappa shape index (κ2) is 6.16. The standard InChI is InChI=1S/C18H23N3O2/c1-12(2)17-16(18(23)20-9-8-15(22)11-20)10-19-21(17)14-6-4-13(3)5-7-14/h4-7,10,12,15,22H,8-9,11H2,1-3H3/t15-/m1/s1. The molecule has 1 aliphatic heterocycles. The van der Waals surface area contributed by atoms with Crippen LogP contribution in [0.25, 0.3) is 5.69 Å². The molecule has 1 saturated heterocycles. The molecule has 0 saturated carbocycles. The van der Waals surface area contributed by atoms with E-state index in [2.05, 4.69) is 18.9 Å². The number of likely N-dealkylation sites (tertiary alicyclic amines) is 1. The molecule has 0 aliphatic carbocycles. The van der Waals surface area contributed by atoms with Gasteiger partial charge in [0.15, 0.2) is 0 Å². The summed E-state index contributed by atoms with van der Waals surface area (Å²) in [6.07, 6.45) is 1.89. The second-order valence-electron chi connectivity index (χ2n) is 6.54. The maximum atomic E-state index is 12.8. The molecular formula is C18H23N3O2. The fourth-order valence-electron chi connectivity index (χ4n) is 3.07. The van der Waals surface area contributed by atoms with Crippen LogP contribution in [-0.4, -0.2) is 44.9 Å². The average molecular weight is 313 g/mol. The monoisotopic (exact) mass is 313 g/mol. The number of benzene rings is 1. The average Bonchev–Trinajstić information content (AvgIpc) is 3.13. The van der Waals surface area contributed by atoms with Gasteiger partial charge in [-0.1, -0.05) is 31.5 Å². The van der Waals surface area contributed by atoms with E-state index in [0.29, 0.717) is 25.1 Å². The van der Waals surface area contributed by atoms with Gasteiger partial charge in [-0.25, -0.2) is 4.68 Å². The minimum atomic E-state index is -0.409. The van der Waals surface area contributed by atoms with Crippen molar-refractivity contribution in [3.63, 3.8) is 0 Å². The van der Waals surface area contributed by atoms with E-state index in [0.717, 1.165) is 11.4 Å². The smallest absolute Gasteiger partial charge is 0.257 e. The summed E-state index contributed by atoms with van der Waals surface area (Å²) >= 11 is 0. The third kappa shape index (κ3) is 3.01. The van der Waals surface area contributed by atoms with Crippen molar-refractivity contribution in [2.45, 2.75) is 39.2 Å². The zero-order valence-corrected chi connectivity index (χ0v) is 13.9. The molecule has 1 aromatic carbocycles. The van der Waals surface area contributed by atoms with Crippen LogP contribution in [0, 0.1) is 6.92 Å². The molecule has 0 spiro atoms. The Morgan fingerprint density at radius 3 is 2.57 bits per heavy atom. The Bertz CT molecular complexity index is 704. The molecular weight excluding hydrogens is 290 g/mol. The van der Waals surface area contributed by atoms with Gasteiger partial charge in [-0.2, -0.15) is 5.10 Å². The highest BCUT2D eigenvalue weighted by Crippen LogP contribution is 2.25. The van der Waals surface area contributed by atoms with E-state index in [-0.39, 0.29) is 11.8 Å². The molecule has 1 aliphatic rings. The van der Waals surface area contributed by atoms with Crippen LogP contribution >= 0.6 is 0 Å². The van der Waals surface area contributed by atoms with E-state index in [1.54, 1.807) is 11.1 Å². The topological polar surface area (TPSA) is 58.4 Å². The fraction of sp³-hybridized carbons (Fsp3) is 0.444. The third-order valence-electron chi connectivity index (χ3n) is 4.31. The highest BCUT2D eigenvalue weighted by molar-refractivity contribution is 5.95. The number of carbonyl (C=O) groups is 1. The molecule has 1 fully saturated rings. The van der Waals surface area contributed by atoms with Crippen LogP contribution in [-0.2, 0) is 0 Å². The van der Waals surface area contributed by atoms with E-state index in [1.165, 1.54) is 5.56 Å². The number of carbonyl (C=O) groups excluding carboxylic acids is 1. The van der Waals surface area contributed by atoms with Gasteiger partial charge in [0.1, 0.15) is 0 Å². The third-order valence-corrected chi connectivity index (χ3v) is 4.31. The van der Waals surface area contributed by atoms with Gasteiger partial charge in [-0.15, -0.1) is 0 Å². The Labute approximate surface area is 136 Å². The Balaban J connectivity index is 1.99. The first-order valence-electron chi connectivity index (χ1n) is 8.09. The van der Waals surface area contributed by atoms with Crippen molar-refractivity contribution in [3.8, 4) is 5.69 Å². The summed E-state index contributed by atoms with van der Waals surface area (Å²) in [5, 5.41) is 14.1. The van der Waals surface area contributed by atoms with Crippen LogP contribution in [0.4, 0.5) is 0 Å². The summed E-state index contributed by atoms with van der Waals surface area (Å²) in [6, 6.07) is 8.11. The molecule has 1 amide bonds. The number of aromatic nitrogens is 2. The van der Waals surface area contributed by atoms with E-state index in [9.17, 15) is 9.90 Å². The van der Waals surface area contributed by atoms with Crippen LogP contribution in [0.5, 0.6) is 0 Å². The van der Waals surface area contributed by atoms with E-state index >= 15 is 0 Å². The molecule has 122 valence electrons. The Hall–Kier alpha value is -2.14. The molecule has 5 heteroatoms.